The summed E-state index contributed by atoms with van der Waals surface area (Å²) < 4.78 is 0. The van der Waals surface area contributed by atoms with Gasteiger partial charge in [-0.2, -0.15) is 0 Å². The molecule has 0 rings (SSSR count). The average Bonchev–Trinajstić information content (AvgIpc) is 1.84. The van der Waals surface area contributed by atoms with Gasteiger partial charge >= 0.3 is 0 Å². The highest BCUT2D eigenvalue weighted by Crippen LogP contribution is 2.08. The standard InChI is InChI=1S/C10H24N2/c1-9(2)12(5)8-6-7-10(3,4)11/h9H,6-8,11H2,1-5H3. The van der Waals surface area contributed by atoms with E-state index in [1.165, 1.54) is 6.42 Å². The summed E-state index contributed by atoms with van der Waals surface area (Å²) >= 11 is 0. The van der Waals surface area contributed by atoms with Gasteiger partial charge in [0.2, 0.25) is 0 Å². The van der Waals surface area contributed by atoms with Crippen LogP contribution in [0.3, 0.4) is 0 Å². The molecule has 0 aromatic heterocycles. The molecule has 0 amide bonds. The Morgan fingerprint density at radius 1 is 1.33 bits per heavy atom. The molecule has 0 aromatic carbocycles. The predicted octanol–water partition coefficient (Wildman–Crippen LogP) is 1.84. The molecule has 0 heterocycles. The third-order valence-electron chi connectivity index (χ3n) is 2.21. The van der Waals surface area contributed by atoms with E-state index in [-0.39, 0.29) is 5.54 Å². The van der Waals surface area contributed by atoms with Crippen molar-refractivity contribution >= 4 is 0 Å². The lowest BCUT2D eigenvalue weighted by atomic mass is 10.00. The zero-order valence-corrected chi connectivity index (χ0v) is 9.22. The Labute approximate surface area is 77.1 Å². The summed E-state index contributed by atoms with van der Waals surface area (Å²) in [5, 5.41) is 0. The van der Waals surface area contributed by atoms with Crippen molar-refractivity contribution in [3.8, 4) is 0 Å². The lowest BCUT2D eigenvalue weighted by Crippen LogP contribution is -2.34. The zero-order chi connectivity index (χ0) is 9.78. The fourth-order valence-electron chi connectivity index (χ4n) is 1.04. The molecule has 0 fully saturated rings. The predicted molar refractivity (Wildman–Crippen MR) is 55.3 cm³/mol. The van der Waals surface area contributed by atoms with Crippen molar-refractivity contribution in [1.82, 2.24) is 4.90 Å². The Hall–Kier alpha value is -0.0800. The van der Waals surface area contributed by atoms with E-state index in [1.807, 2.05) is 0 Å². The van der Waals surface area contributed by atoms with Crippen LogP contribution in [0.15, 0.2) is 0 Å². The van der Waals surface area contributed by atoms with Gasteiger partial charge in [0, 0.05) is 11.6 Å². The van der Waals surface area contributed by atoms with Crippen LogP contribution in [0.4, 0.5) is 0 Å². The second-order valence-electron chi connectivity index (χ2n) is 4.67. The van der Waals surface area contributed by atoms with E-state index in [0.29, 0.717) is 6.04 Å². The van der Waals surface area contributed by atoms with E-state index < -0.39 is 0 Å². The molecule has 0 unspecified atom stereocenters. The van der Waals surface area contributed by atoms with Crippen molar-refractivity contribution in [2.75, 3.05) is 13.6 Å². The van der Waals surface area contributed by atoms with Crippen LogP contribution in [0.5, 0.6) is 0 Å². The quantitative estimate of drug-likeness (QED) is 0.685. The van der Waals surface area contributed by atoms with Gasteiger partial charge in [-0.05, 0) is 54.1 Å². The van der Waals surface area contributed by atoms with Gasteiger partial charge in [0.25, 0.3) is 0 Å². The summed E-state index contributed by atoms with van der Waals surface area (Å²) in [6.45, 7) is 9.75. The number of rotatable bonds is 5. The Morgan fingerprint density at radius 2 is 1.83 bits per heavy atom. The average molecular weight is 172 g/mol. The monoisotopic (exact) mass is 172 g/mol. The third kappa shape index (κ3) is 6.62. The van der Waals surface area contributed by atoms with Crippen LogP contribution in [0, 0.1) is 0 Å². The Morgan fingerprint density at radius 3 is 2.17 bits per heavy atom. The van der Waals surface area contributed by atoms with E-state index in [1.54, 1.807) is 0 Å². The van der Waals surface area contributed by atoms with Crippen LogP contribution in [0.25, 0.3) is 0 Å². The molecule has 2 nitrogen and oxygen atoms in total. The summed E-state index contributed by atoms with van der Waals surface area (Å²) in [6.07, 6.45) is 2.29. The van der Waals surface area contributed by atoms with Crippen molar-refractivity contribution in [3.63, 3.8) is 0 Å². The van der Waals surface area contributed by atoms with E-state index >= 15 is 0 Å². The molecule has 2 N–H and O–H groups in total. The molecule has 2 heteroatoms. The van der Waals surface area contributed by atoms with Crippen LogP contribution in [-0.2, 0) is 0 Å². The van der Waals surface area contributed by atoms with Crippen LogP contribution in [0.2, 0.25) is 0 Å². The Balaban J connectivity index is 3.44. The summed E-state index contributed by atoms with van der Waals surface area (Å²) in [7, 11) is 2.16. The first-order valence-corrected chi connectivity index (χ1v) is 4.82. The Bertz CT molecular complexity index is 113. The van der Waals surface area contributed by atoms with Crippen LogP contribution in [0.1, 0.15) is 40.5 Å². The molecule has 74 valence electrons. The highest BCUT2D eigenvalue weighted by Gasteiger charge is 2.10. The first-order valence-electron chi connectivity index (χ1n) is 4.82. The molecule has 0 saturated heterocycles. The first kappa shape index (κ1) is 11.9. The second-order valence-corrected chi connectivity index (χ2v) is 4.67. The minimum absolute atomic E-state index is 0.00216. The van der Waals surface area contributed by atoms with Gasteiger partial charge in [0.15, 0.2) is 0 Å². The van der Waals surface area contributed by atoms with Crippen molar-refractivity contribution in [2.45, 2.75) is 52.1 Å². The number of hydrogen-bond donors (Lipinski definition) is 1. The summed E-state index contributed by atoms with van der Waals surface area (Å²) in [5.74, 6) is 0. The largest absolute Gasteiger partial charge is 0.326 e. The maximum absolute atomic E-state index is 5.88. The molecule has 0 aliphatic carbocycles. The van der Waals surface area contributed by atoms with Gasteiger partial charge in [0.1, 0.15) is 0 Å². The molecule has 0 spiro atoms. The van der Waals surface area contributed by atoms with Gasteiger partial charge in [0.05, 0.1) is 0 Å². The highest BCUT2D eigenvalue weighted by molar-refractivity contribution is 4.72. The van der Waals surface area contributed by atoms with Crippen LogP contribution < -0.4 is 5.73 Å². The first-order chi connectivity index (χ1) is 5.33. The van der Waals surface area contributed by atoms with Crippen molar-refractivity contribution in [2.24, 2.45) is 5.73 Å². The van der Waals surface area contributed by atoms with E-state index in [0.717, 1.165) is 13.0 Å². The normalized spacial score (nSPS) is 13.0. The van der Waals surface area contributed by atoms with Gasteiger partial charge in [-0.25, -0.2) is 0 Å². The Kier molecular flexibility index (Phi) is 4.80. The molecule has 0 aliphatic rings. The lowest BCUT2D eigenvalue weighted by Gasteiger charge is -2.24. The molecule has 0 aromatic rings. The molecule has 0 saturated carbocycles. The van der Waals surface area contributed by atoms with Crippen LogP contribution >= 0.6 is 0 Å². The number of nitrogens with two attached hydrogens (primary N) is 1. The molecule has 12 heavy (non-hydrogen) atoms. The third-order valence-corrected chi connectivity index (χ3v) is 2.21. The van der Waals surface area contributed by atoms with Gasteiger partial charge < -0.3 is 10.6 Å². The smallest absolute Gasteiger partial charge is 0.00975 e. The molecular formula is C10H24N2. The number of nitrogens with zero attached hydrogens (tertiary/aromatic N) is 1. The molecule has 0 radical (unpaired) electrons. The van der Waals surface area contributed by atoms with Gasteiger partial charge in [-0.1, -0.05) is 0 Å². The number of hydrogen-bond acceptors (Lipinski definition) is 2. The fourth-order valence-corrected chi connectivity index (χ4v) is 1.04. The van der Waals surface area contributed by atoms with Crippen LogP contribution in [-0.4, -0.2) is 30.1 Å². The maximum Gasteiger partial charge on any atom is 0.00975 e. The molecule has 0 bridgehead atoms. The molecule has 0 aliphatic heterocycles. The second kappa shape index (κ2) is 4.83. The van der Waals surface area contributed by atoms with Crippen molar-refractivity contribution in [3.05, 3.63) is 0 Å². The van der Waals surface area contributed by atoms with Crippen molar-refractivity contribution < 1.29 is 0 Å². The lowest BCUT2D eigenvalue weighted by molar-refractivity contribution is 0.259. The van der Waals surface area contributed by atoms with E-state index in [9.17, 15) is 0 Å². The fraction of sp³-hybridized carbons (Fsp3) is 1.00. The SMILES string of the molecule is CC(C)N(C)CCCC(C)(C)N. The maximum atomic E-state index is 5.88. The van der Waals surface area contributed by atoms with E-state index in [4.69, 9.17) is 5.73 Å². The van der Waals surface area contributed by atoms with Crippen molar-refractivity contribution in [1.29, 1.82) is 0 Å². The topological polar surface area (TPSA) is 29.3 Å². The van der Waals surface area contributed by atoms with Gasteiger partial charge in [-0.15, -0.1) is 0 Å². The van der Waals surface area contributed by atoms with E-state index in [2.05, 4.69) is 39.6 Å². The minimum Gasteiger partial charge on any atom is -0.326 e. The highest BCUT2D eigenvalue weighted by atomic mass is 15.1. The molecule has 0 atom stereocenters. The molecular weight excluding hydrogens is 148 g/mol. The zero-order valence-electron chi connectivity index (χ0n) is 9.22. The summed E-state index contributed by atoms with van der Waals surface area (Å²) in [6, 6.07) is 0.644. The minimum atomic E-state index is -0.00216. The summed E-state index contributed by atoms with van der Waals surface area (Å²) in [4.78, 5) is 2.35. The van der Waals surface area contributed by atoms with Gasteiger partial charge in [-0.3, -0.25) is 0 Å². The summed E-state index contributed by atoms with van der Waals surface area (Å²) in [5.41, 5.74) is 5.88.